The molecule has 172 valence electrons. The van der Waals surface area contributed by atoms with Crippen molar-refractivity contribution in [1.29, 1.82) is 0 Å². The maximum Gasteiger partial charge on any atom is 0.224 e. The summed E-state index contributed by atoms with van der Waals surface area (Å²) in [7, 11) is 0. The largest absolute Gasteiger partial charge is 0.492 e. The molecule has 2 aliphatic heterocycles. The predicted molar refractivity (Wildman–Crippen MR) is 140 cm³/mol. The van der Waals surface area contributed by atoms with Crippen LogP contribution in [0.4, 0.5) is 11.4 Å². The molecule has 32 heavy (non-hydrogen) atoms. The first-order valence-electron chi connectivity index (χ1n) is 11.1. The van der Waals surface area contributed by atoms with Crippen LogP contribution in [0.15, 0.2) is 53.5 Å². The second-order valence-electron chi connectivity index (χ2n) is 7.89. The number of nitrogens with one attached hydrogen (secondary N) is 3. The lowest BCUT2D eigenvalue weighted by atomic mass is 10.0. The Labute approximate surface area is 207 Å². The van der Waals surface area contributed by atoms with Gasteiger partial charge in [0.2, 0.25) is 5.91 Å². The van der Waals surface area contributed by atoms with Gasteiger partial charge in [-0.25, -0.2) is 4.99 Å². The van der Waals surface area contributed by atoms with E-state index in [4.69, 9.17) is 4.74 Å². The summed E-state index contributed by atoms with van der Waals surface area (Å²) in [4.78, 5) is 18.6. The van der Waals surface area contributed by atoms with E-state index in [-0.39, 0.29) is 29.9 Å². The van der Waals surface area contributed by atoms with Crippen LogP contribution in [0.2, 0.25) is 0 Å². The number of carbonyl (C=O) groups is 1. The molecule has 3 N–H and O–H groups in total. The van der Waals surface area contributed by atoms with Crippen LogP contribution in [-0.2, 0) is 11.2 Å². The number of hydrogen-bond donors (Lipinski definition) is 3. The number of para-hydroxylation sites is 1. The van der Waals surface area contributed by atoms with E-state index in [9.17, 15) is 4.79 Å². The number of nitrogens with zero attached hydrogens (tertiary/aromatic N) is 2. The lowest BCUT2D eigenvalue weighted by Crippen LogP contribution is -2.44. The van der Waals surface area contributed by atoms with Crippen molar-refractivity contribution in [2.45, 2.75) is 32.2 Å². The number of ether oxygens (including phenoxy) is 1. The summed E-state index contributed by atoms with van der Waals surface area (Å²) in [6.07, 6.45) is 2.37. The summed E-state index contributed by atoms with van der Waals surface area (Å²) in [6.45, 7) is 5.98. The molecule has 1 atom stereocenters. The second-order valence-corrected chi connectivity index (χ2v) is 7.89. The van der Waals surface area contributed by atoms with Gasteiger partial charge in [0.1, 0.15) is 12.4 Å². The summed E-state index contributed by atoms with van der Waals surface area (Å²) in [5, 5.41) is 9.79. The average Bonchev–Trinajstić information content (AvgIpc) is 3.26. The number of benzene rings is 2. The van der Waals surface area contributed by atoms with Gasteiger partial charge in [0.25, 0.3) is 0 Å². The molecule has 0 aliphatic carbocycles. The zero-order valence-electron chi connectivity index (χ0n) is 18.5. The average molecular weight is 549 g/mol. The number of guanidine groups is 1. The molecule has 2 aliphatic rings. The number of halogens is 1. The van der Waals surface area contributed by atoms with Crippen LogP contribution >= 0.6 is 24.0 Å². The minimum Gasteiger partial charge on any atom is -0.492 e. The molecule has 0 radical (unpaired) electrons. The van der Waals surface area contributed by atoms with Crippen LogP contribution in [0.5, 0.6) is 5.75 Å². The van der Waals surface area contributed by atoms with Crippen molar-refractivity contribution in [1.82, 2.24) is 10.6 Å². The number of rotatable bonds is 7. The molecular formula is C24H32IN5O2. The highest BCUT2D eigenvalue weighted by Gasteiger charge is 2.23. The summed E-state index contributed by atoms with van der Waals surface area (Å²) in [5.74, 6) is 1.73. The van der Waals surface area contributed by atoms with Crippen molar-refractivity contribution in [3.63, 3.8) is 0 Å². The molecule has 1 fully saturated rings. The minimum absolute atomic E-state index is 0. The van der Waals surface area contributed by atoms with E-state index in [0.717, 1.165) is 55.4 Å². The van der Waals surface area contributed by atoms with E-state index in [1.807, 2.05) is 18.2 Å². The number of aryl methyl sites for hydroxylation is 1. The Balaban J connectivity index is 0.00000289. The zero-order chi connectivity index (χ0) is 21.5. The van der Waals surface area contributed by atoms with Crippen LogP contribution in [0.1, 0.15) is 25.3 Å². The van der Waals surface area contributed by atoms with Crippen LogP contribution in [-0.4, -0.2) is 50.7 Å². The number of aliphatic imine (C=N–C) groups is 1. The summed E-state index contributed by atoms with van der Waals surface area (Å²) in [5.41, 5.74) is 3.29. The maximum absolute atomic E-state index is 11.5. The van der Waals surface area contributed by atoms with Crippen molar-refractivity contribution >= 4 is 47.2 Å². The van der Waals surface area contributed by atoms with Gasteiger partial charge in [0.05, 0.1) is 6.54 Å². The van der Waals surface area contributed by atoms with Crippen LogP contribution in [0.25, 0.3) is 0 Å². The molecule has 2 aromatic carbocycles. The van der Waals surface area contributed by atoms with Gasteiger partial charge in [0, 0.05) is 43.5 Å². The molecule has 7 nitrogen and oxygen atoms in total. The Kier molecular flexibility index (Phi) is 9.01. The van der Waals surface area contributed by atoms with Crippen molar-refractivity contribution in [2.75, 3.05) is 43.0 Å². The van der Waals surface area contributed by atoms with Crippen molar-refractivity contribution < 1.29 is 9.53 Å². The third-order valence-electron chi connectivity index (χ3n) is 5.60. The van der Waals surface area contributed by atoms with Gasteiger partial charge in [-0.1, -0.05) is 18.2 Å². The number of amides is 1. The molecule has 0 aromatic heterocycles. The van der Waals surface area contributed by atoms with E-state index < -0.39 is 0 Å². The highest BCUT2D eigenvalue weighted by Crippen LogP contribution is 2.26. The molecule has 1 saturated heterocycles. The highest BCUT2D eigenvalue weighted by molar-refractivity contribution is 14.0. The number of carbonyl (C=O) groups excluding carboxylic acids is 1. The predicted octanol–water partition coefficient (Wildman–Crippen LogP) is 3.40. The topological polar surface area (TPSA) is 78.0 Å². The lowest BCUT2D eigenvalue weighted by molar-refractivity contribution is -0.116. The van der Waals surface area contributed by atoms with E-state index in [2.05, 4.69) is 63.1 Å². The molecule has 2 heterocycles. The fourth-order valence-corrected chi connectivity index (χ4v) is 4.04. The standard InChI is InChI=1S/C24H31N5O2.HI/c1-2-25-24(27-19-12-14-29(17-19)20-6-4-3-5-7-20)26-13-15-31-21-9-10-22-18(16-21)8-11-23(30)28-22;/h3-7,9-10,16,19H,2,8,11-15,17H2,1H3,(H,28,30)(H2,25,26,27);1H. The lowest BCUT2D eigenvalue weighted by Gasteiger charge is -2.20. The van der Waals surface area contributed by atoms with E-state index in [1.54, 1.807) is 0 Å². The molecule has 4 rings (SSSR count). The van der Waals surface area contributed by atoms with E-state index in [1.165, 1.54) is 5.69 Å². The Morgan fingerprint density at radius 2 is 2.06 bits per heavy atom. The van der Waals surface area contributed by atoms with Gasteiger partial charge in [-0.2, -0.15) is 0 Å². The highest BCUT2D eigenvalue weighted by atomic mass is 127. The SMILES string of the molecule is CCNC(=NCCOc1ccc2c(c1)CCC(=O)N2)NC1CCN(c2ccccc2)C1.I. The molecule has 0 saturated carbocycles. The third-order valence-corrected chi connectivity index (χ3v) is 5.60. The second kappa shape index (κ2) is 11.9. The molecular weight excluding hydrogens is 517 g/mol. The number of anilines is 2. The minimum atomic E-state index is 0. The Bertz CT molecular complexity index is 922. The quantitative estimate of drug-likeness (QED) is 0.214. The molecule has 2 aromatic rings. The van der Waals surface area contributed by atoms with Crippen molar-refractivity contribution in [3.05, 3.63) is 54.1 Å². The Hall–Kier alpha value is -2.49. The first-order chi connectivity index (χ1) is 15.2. The molecule has 8 heteroatoms. The van der Waals surface area contributed by atoms with Crippen LogP contribution in [0, 0.1) is 0 Å². The Morgan fingerprint density at radius 1 is 1.22 bits per heavy atom. The van der Waals surface area contributed by atoms with Crippen molar-refractivity contribution in [3.8, 4) is 5.75 Å². The van der Waals surface area contributed by atoms with Gasteiger partial charge in [-0.05, 0) is 55.7 Å². The molecule has 1 amide bonds. The molecule has 0 bridgehead atoms. The van der Waals surface area contributed by atoms with E-state index in [0.29, 0.717) is 25.6 Å². The maximum atomic E-state index is 11.5. The first kappa shape index (κ1) is 24.2. The first-order valence-corrected chi connectivity index (χ1v) is 11.1. The van der Waals surface area contributed by atoms with Gasteiger partial charge in [0.15, 0.2) is 5.96 Å². The van der Waals surface area contributed by atoms with Crippen molar-refractivity contribution in [2.24, 2.45) is 4.99 Å². The van der Waals surface area contributed by atoms with Gasteiger partial charge >= 0.3 is 0 Å². The normalized spacial score (nSPS) is 17.8. The van der Waals surface area contributed by atoms with Gasteiger partial charge in [-0.15, -0.1) is 24.0 Å². The third kappa shape index (κ3) is 6.51. The summed E-state index contributed by atoms with van der Waals surface area (Å²) < 4.78 is 5.89. The Morgan fingerprint density at radius 3 is 2.88 bits per heavy atom. The fourth-order valence-electron chi connectivity index (χ4n) is 4.04. The van der Waals surface area contributed by atoms with Gasteiger partial charge in [-0.3, -0.25) is 4.79 Å². The monoisotopic (exact) mass is 549 g/mol. The smallest absolute Gasteiger partial charge is 0.224 e. The van der Waals surface area contributed by atoms with Gasteiger partial charge < -0.3 is 25.6 Å². The zero-order valence-corrected chi connectivity index (χ0v) is 20.8. The molecule has 0 spiro atoms. The number of fused-ring (bicyclic) bond motifs is 1. The van der Waals surface area contributed by atoms with Crippen LogP contribution in [0.3, 0.4) is 0 Å². The van der Waals surface area contributed by atoms with E-state index >= 15 is 0 Å². The molecule has 1 unspecified atom stereocenters. The summed E-state index contributed by atoms with van der Waals surface area (Å²) >= 11 is 0. The summed E-state index contributed by atoms with van der Waals surface area (Å²) in [6, 6.07) is 16.7. The number of hydrogen-bond acceptors (Lipinski definition) is 4. The van der Waals surface area contributed by atoms with Crippen LogP contribution < -0.4 is 25.6 Å². The fraction of sp³-hybridized carbons (Fsp3) is 0.417.